The number of thiazole rings is 1. The lowest BCUT2D eigenvalue weighted by Crippen LogP contribution is -2.21. The molecule has 2 aromatic heterocycles. The van der Waals surface area contributed by atoms with Gasteiger partial charge in [0.15, 0.2) is 5.13 Å². The van der Waals surface area contributed by atoms with E-state index in [0.717, 1.165) is 36.3 Å². The van der Waals surface area contributed by atoms with Gasteiger partial charge in [0.1, 0.15) is 5.82 Å². The van der Waals surface area contributed by atoms with E-state index in [0.29, 0.717) is 0 Å². The Morgan fingerprint density at radius 2 is 1.86 bits per heavy atom. The van der Waals surface area contributed by atoms with Crippen LogP contribution >= 0.6 is 11.3 Å². The third-order valence-corrected chi connectivity index (χ3v) is 4.31. The first-order chi connectivity index (χ1) is 10.1. The van der Waals surface area contributed by atoms with Gasteiger partial charge in [-0.15, -0.1) is 11.3 Å². The Labute approximate surface area is 130 Å². The summed E-state index contributed by atoms with van der Waals surface area (Å²) in [7, 11) is 3.98. The highest BCUT2D eigenvalue weighted by atomic mass is 32.1. The molecule has 0 saturated heterocycles. The van der Waals surface area contributed by atoms with Crippen molar-refractivity contribution in [1.82, 2.24) is 9.97 Å². The molecule has 114 valence electrons. The number of anilines is 3. The summed E-state index contributed by atoms with van der Waals surface area (Å²) in [6, 6.07) is 4.06. The monoisotopic (exact) mass is 305 g/mol. The first kappa shape index (κ1) is 15.6. The quantitative estimate of drug-likeness (QED) is 0.851. The van der Waals surface area contributed by atoms with Crippen LogP contribution in [0.25, 0.3) is 0 Å². The van der Waals surface area contributed by atoms with Crippen LogP contribution in [0.4, 0.5) is 16.6 Å². The van der Waals surface area contributed by atoms with Gasteiger partial charge in [0.2, 0.25) is 0 Å². The van der Waals surface area contributed by atoms with Crippen LogP contribution in [0, 0.1) is 0 Å². The van der Waals surface area contributed by atoms with Gasteiger partial charge < -0.3 is 15.1 Å². The van der Waals surface area contributed by atoms with Crippen LogP contribution in [0.1, 0.15) is 18.7 Å². The Morgan fingerprint density at radius 3 is 2.43 bits per heavy atom. The molecule has 0 aliphatic carbocycles. The van der Waals surface area contributed by atoms with Crippen molar-refractivity contribution in [3.05, 3.63) is 29.4 Å². The summed E-state index contributed by atoms with van der Waals surface area (Å²) >= 11 is 1.74. The molecule has 0 unspecified atom stereocenters. The number of nitrogens with one attached hydrogen (secondary N) is 1. The van der Waals surface area contributed by atoms with Gasteiger partial charge in [0.25, 0.3) is 0 Å². The lowest BCUT2D eigenvalue weighted by molar-refractivity contribution is 0.860. The van der Waals surface area contributed by atoms with Crippen molar-refractivity contribution in [2.24, 2.45) is 0 Å². The minimum atomic E-state index is 0.780. The van der Waals surface area contributed by atoms with Crippen LogP contribution in [-0.4, -0.2) is 37.2 Å². The number of rotatable bonds is 7. The van der Waals surface area contributed by atoms with Crippen LogP contribution in [0.2, 0.25) is 0 Å². The summed E-state index contributed by atoms with van der Waals surface area (Å²) in [6.45, 7) is 7.07. The van der Waals surface area contributed by atoms with Gasteiger partial charge in [-0.3, -0.25) is 0 Å². The Balaban J connectivity index is 1.93. The van der Waals surface area contributed by atoms with Gasteiger partial charge in [-0.2, -0.15) is 0 Å². The molecular formula is C15H23N5S. The van der Waals surface area contributed by atoms with E-state index in [1.807, 2.05) is 37.5 Å². The normalized spacial score (nSPS) is 10.5. The molecule has 21 heavy (non-hydrogen) atoms. The second-order valence-corrected chi connectivity index (χ2v) is 6.03. The molecule has 0 aliphatic heterocycles. The second kappa shape index (κ2) is 7.26. The molecule has 1 N–H and O–H groups in total. The van der Waals surface area contributed by atoms with Crippen molar-refractivity contribution >= 4 is 28.0 Å². The predicted molar refractivity (Wildman–Crippen MR) is 91.6 cm³/mol. The van der Waals surface area contributed by atoms with Gasteiger partial charge >= 0.3 is 0 Å². The molecule has 0 radical (unpaired) electrons. The lowest BCUT2D eigenvalue weighted by Gasteiger charge is -2.16. The molecule has 0 amide bonds. The van der Waals surface area contributed by atoms with E-state index >= 15 is 0 Å². The summed E-state index contributed by atoms with van der Waals surface area (Å²) in [4.78, 5) is 14.4. The Hall–Kier alpha value is -1.82. The third kappa shape index (κ3) is 4.07. The molecule has 6 heteroatoms. The molecule has 0 fully saturated rings. The summed E-state index contributed by atoms with van der Waals surface area (Å²) in [5.41, 5.74) is 1.03. The Morgan fingerprint density at radius 1 is 1.10 bits per heavy atom. The van der Waals surface area contributed by atoms with Crippen LogP contribution in [0.5, 0.6) is 0 Å². The maximum atomic E-state index is 4.49. The summed E-state index contributed by atoms with van der Waals surface area (Å²) in [5.74, 6) is 0.960. The molecule has 0 aromatic carbocycles. The number of hydrogen-bond donors (Lipinski definition) is 1. The van der Waals surface area contributed by atoms with Crippen LogP contribution in [-0.2, 0) is 6.54 Å². The number of hydrogen-bond acceptors (Lipinski definition) is 6. The van der Waals surface area contributed by atoms with Crippen molar-refractivity contribution in [3.63, 3.8) is 0 Å². The van der Waals surface area contributed by atoms with Gasteiger partial charge in [0, 0.05) is 38.3 Å². The van der Waals surface area contributed by atoms with E-state index in [2.05, 4.69) is 40.1 Å². The molecule has 0 aliphatic rings. The minimum Gasteiger partial charge on any atom is -0.379 e. The van der Waals surface area contributed by atoms with Crippen molar-refractivity contribution < 1.29 is 0 Å². The van der Waals surface area contributed by atoms with Crippen LogP contribution in [0.15, 0.2) is 24.5 Å². The zero-order valence-corrected chi connectivity index (χ0v) is 13.9. The molecule has 2 heterocycles. The average molecular weight is 305 g/mol. The minimum absolute atomic E-state index is 0.780. The molecule has 0 spiro atoms. The third-order valence-electron chi connectivity index (χ3n) is 3.25. The lowest BCUT2D eigenvalue weighted by atomic mass is 10.4. The van der Waals surface area contributed by atoms with Gasteiger partial charge in [-0.1, -0.05) is 0 Å². The maximum Gasteiger partial charge on any atom is 0.185 e. The van der Waals surface area contributed by atoms with Crippen molar-refractivity contribution in [2.75, 3.05) is 42.3 Å². The van der Waals surface area contributed by atoms with E-state index in [1.165, 1.54) is 4.88 Å². The number of nitrogens with zero attached hydrogens (tertiary/aromatic N) is 4. The first-order valence-electron chi connectivity index (χ1n) is 7.21. The van der Waals surface area contributed by atoms with Crippen molar-refractivity contribution in [2.45, 2.75) is 20.4 Å². The fraction of sp³-hybridized carbons (Fsp3) is 0.467. The van der Waals surface area contributed by atoms with Gasteiger partial charge in [-0.05, 0) is 26.0 Å². The highest BCUT2D eigenvalue weighted by Crippen LogP contribution is 2.23. The molecule has 0 bridgehead atoms. The zero-order chi connectivity index (χ0) is 15.2. The number of aromatic nitrogens is 2. The highest BCUT2D eigenvalue weighted by Gasteiger charge is 2.07. The summed E-state index contributed by atoms with van der Waals surface area (Å²) in [6.07, 6.45) is 3.81. The summed E-state index contributed by atoms with van der Waals surface area (Å²) in [5, 5.41) is 4.48. The van der Waals surface area contributed by atoms with E-state index in [4.69, 9.17) is 0 Å². The molecule has 5 nitrogen and oxygen atoms in total. The highest BCUT2D eigenvalue weighted by molar-refractivity contribution is 7.15. The Kier molecular flexibility index (Phi) is 5.38. The average Bonchev–Trinajstić information content (AvgIpc) is 2.96. The van der Waals surface area contributed by atoms with E-state index in [1.54, 1.807) is 11.3 Å². The molecule has 0 saturated carbocycles. The fourth-order valence-electron chi connectivity index (χ4n) is 1.96. The Bertz CT molecular complexity index is 545. The largest absolute Gasteiger partial charge is 0.379 e. The summed E-state index contributed by atoms with van der Waals surface area (Å²) < 4.78 is 0. The topological polar surface area (TPSA) is 44.3 Å². The van der Waals surface area contributed by atoms with Gasteiger partial charge in [0.05, 0.1) is 18.4 Å². The van der Waals surface area contributed by atoms with E-state index in [9.17, 15) is 0 Å². The SMILES string of the molecule is CCN(CC)c1ncc(CNc2ccc(N(C)C)nc2)s1. The molecule has 2 rings (SSSR count). The zero-order valence-electron chi connectivity index (χ0n) is 13.1. The van der Waals surface area contributed by atoms with E-state index in [-0.39, 0.29) is 0 Å². The van der Waals surface area contributed by atoms with Gasteiger partial charge in [-0.25, -0.2) is 9.97 Å². The molecule has 0 atom stereocenters. The predicted octanol–water partition coefficient (Wildman–Crippen LogP) is 3.06. The van der Waals surface area contributed by atoms with Crippen LogP contribution in [0.3, 0.4) is 0 Å². The van der Waals surface area contributed by atoms with Crippen molar-refractivity contribution in [3.8, 4) is 0 Å². The fourth-order valence-corrected chi connectivity index (χ4v) is 2.94. The maximum absolute atomic E-state index is 4.49. The smallest absolute Gasteiger partial charge is 0.185 e. The standard InChI is InChI=1S/C15H23N5S/c1-5-20(6-2)15-18-11-13(21-15)10-16-12-7-8-14(17-9-12)19(3)4/h7-9,11,16H,5-6,10H2,1-4H3. The van der Waals surface area contributed by atoms with Crippen LogP contribution < -0.4 is 15.1 Å². The first-order valence-corrected chi connectivity index (χ1v) is 8.02. The van der Waals surface area contributed by atoms with E-state index < -0.39 is 0 Å². The second-order valence-electron chi connectivity index (χ2n) is 4.93. The molecule has 2 aromatic rings. The molecular weight excluding hydrogens is 282 g/mol. The number of pyridine rings is 1. The van der Waals surface area contributed by atoms with Crippen molar-refractivity contribution in [1.29, 1.82) is 0 Å².